The van der Waals surface area contributed by atoms with E-state index in [-0.39, 0.29) is 28.7 Å². The molecular formula is C18H19N7O3. The first-order chi connectivity index (χ1) is 13.5. The van der Waals surface area contributed by atoms with Crippen molar-refractivity contribution in [3.63, 3.8) is 0 Å². The van der Waals surface area contributed by atoms with Gasteiger partial charge in [-0.15, -0.1) is 10.2 Å². The Morgan fingerprint density at radius 2 is 1.96 bits per heavy atom. The standard InChI is InChI=1S/C18H19N7O3/c1-3-4-9-25-13-14(24(2)18(28)21-16(13)27)20-17(25)23-22-12-10-7-5-6-8-11(10)19-15(12)26/h5-8,19,26H,3-4,9H2,1-2H3,(H,21,27,28). The van der Waals surface area contributed by atoms with Crippen molar-refractivity contribution in [2.75, 3.05) is 0 Å². The first-order valence-corrected chi connectivity index (χ1v) is 8.92. The quantitative estimate of drug-likeness (QED) is 0.458. The zero-order chi connectivity index (χ0) is 19.8. The lowest BCUT2D eigenvalue weighted by atomic mass is 10.2. The number of aromatic amines is 2. The molecule has 0 spiro atoms. The van der Waals surface area contributed by atoms with Gasteiger partial charge in [0.1, 0.15) is 0 Å². The third-order valence-electron chi connectivity index (χ3n) is 4.62. The Labute approximate surface area is 158 Å². The van der Waals surface area contributed by atoms with Crippen molar-refractivity contribution in [2.45, 2.75) is 26.3 Å². The van der Waals surface area contributed by atoms with E-state index in [4.69, 9.17) is 0 Å². The normalized spacial score (nSPS) is 11.9. The molecule has 0 amide bonds. The Kier molecular flexibility index (Phi) is 4.30. The van der Waals surface area contributed by atoms with Gasteiger partial charge in [0.2, 0.25) is 5.88 Å². The van der Waals surface area contributed by atoms with Crippen molar-refractivity contribution in [1.82, 2.24) is 24.1 Å². The lowest BCUT2D eigenvalue weighted by Crippen LogP contribution is -2.29. The van der Waals surface area contributed by atoms with E-state index in [9.17, 15) is 14.7 Å². The van der Waals surface area contributed by atoms with E-state index in [1.807, 2.05) is 31.2 Å². The minimum Gasteiger partial charge on any atom is -0.493 e. The first-order valence-electron chi connectivity index (χ1n) is 8.92. The number of benzene rings is 1. The van der Waals surface area contributed by atoms with Crippen LogP contribution in [0.3, 0.4) is 0 Å². The summed E-state index contributed by atoms with van der Waals surface area (Å²) in [6.45, 7) is 2.53. The average molecular weight is 381 g/mol. The maximum atomic E-state index is 12.4. The predicted molar refractivity (Wildman–Crippen MR) is 105 cm³/mol. The highest BCUT2D eigenvalue weighted by atomic mass is 16.3. The van der Waals surface area contributed by atoms with Crippen LogP contribution in [0.5, 0.6) is 5.88 Å². The molecule has 10 heteroatoms. The summed E-state index contributed by atoms with van der Waals surface area (Å²) in [7, 11) is 1.53. The van der Waals surface area contributed by atoms with Crippen LogP contribution < -0.4 is 11.2 Å². The van der Waals surface area contributed by atoms with Crippen molar-refractivity contribution < 1.29 is 5.11 Å². The third kappa shape index (κ3) is 2.79. The summed E-state index contributed by atoms with van der Waals surface area (Å²) >= 11 is 0. The molecule has 0 bridgehead atoms. The Bertz CT molecular complexity index is 1320. The Balaban J connectivity index is 1.90. The molecule has 0 saturated carbocycles. The number of imidazole rings is 1. The summed E-state index contributed by atoms with van der Waals surface area (Å²) in [6.07, 6.45) is 1.71. The van der Waals surface area contributed by atoms with E-state index in [1.54, 1.807) is 4.57 Å². The van der Waals surface area contributed by atoms with Crippen LogP contribution in [0.2, 0.25) is 0 Å². The summed E-state index contributed by atoms with van der Waals surface area (Å²) in [5.74, 6) is 0.0891. The van der Waals surface area contributed by atoms with Gasteiger partial charge >= 0.3 is 5.69 Å². The van der Waals surface area contributed by atoms with Crippen LogP contribution in [0, 0.1) is 0 Å². The number of azo groups is 1. The number of fused-ring (bicyclic) bond motifs is 2. The van der Waals surface area contributed by atoms with E-state index in [2.05, 4.69) is 25.2 Å². The van der Waals surface area contributed by atoms with Crippen LogP contribution in [0.4, 0.5) is 11.6 Å². The van der Waals surface area contributed by atoms with Crippen LogP contribution in [0.1, 0.15) is 19.8 Å². The highest BCUT2D eigenvalue weighted by molar-refractivity contribution is 5.94. The van der Waals surface area contributed by atoms with Crippen LogP contribution in [-0.4, -0.2) is 29.2 Å². The fourth-order valence-electron chi connectivity index (χ4n) is 3.14. The number of H-pyrrole nitrogens is 2. The number of hydrogen-bond donors (Lipinski definition) is 3. The molecule has 0 aliphatic heterocycles. The second-order valence-electron chi connectivity index (χ2n) is 6.48. The van der Waals surface area contributed by atoms with E-state index in [0.717, 1.165) is 18.4 Å². The zero-order valence-electron chi connectivity index (χ0n) is 15.4. The SMILES string of the molecule is CCCCn1c(N=Nc2c(O)[nH]c3ccccc23)nc2c1c(=O)[nH]c(=O)n2C. The maximum absolute atomic E-state index is 12.4. The molecule has 1 aromatic carbocycles. The second kappa shape index (κ2) is 6.80. The van der Waals surface area contributed by atoms with Crippen LogP contribution >= 0.6 is 0 Å². The van der Waals surface area contributed by atoms with Gasteiger partial charge in [0.25, 0.3) is 11.5 Å². The molecule has 0 aliphatic carbocycles. The van der Waals surface area contributed by atoms with Gasteiger partial charge in [0, 0.05) is 19.0 Å². The highest BCUT2D eigenvalue weighted by Gasteiger charge is 2.17. The van der Waals surface area contributed by atoms with Crippen molar-refractivity contribution >= 4 is 33.7 Å². The molecule has 3 aromatic heterocycles. The fraction of sp³-hybridized carbons (Fsp3) is 0.278. The molecule has 3 N–H and O–H groups in total. The molecule has 0 fully saturated rings. The smallest absolute Gasteiger partial charge is 0.329 e. The van der Waals surface area contributed by atoms with Crippen LogP contribution in [0.25, 0.3) is 22.1 Å². The molecule has 10 nitrogen and oxygen atoms in total. The van der Waals surface area contributed by atoms with Gasteiger partial charge in [-0.05, 0) is 12.5 Å². The summed E-state index contributed by atoms with van der Waals surface area (Å²) in [4.78, 5) is 33.7. The van der Waals surface area contributed by atoms with Crippen molar-refractivity contribution in [2.24, 2.45) is 17.3 Å². The van der Waals surface area contributed by atoms with Gasteiger partial charge in [0.05, 0.1) is 5.52 Å². The van der Waals surface area contributed by atoms with Crippen molar-refractivity contribution in [3.05, 3.63) is 45.1 Å². The van der Waals surface area contributed by atoms with Crippen LogP contribution in [-0.2, 0) is 13.6 Å². The number of unbranched alkanes of at least 4 members (excludes halogenated alkanes) is 1. The molecule has 0 saturated heterocycles. The molecule has 3 heterocycles. The number of hydrogen-bond acceptors (Lipinski definition) is 6. The lowest BCUT2D eigenvalue weighted by Gasteiger charge is -2.04. The van der Waals surface area contributed by atoms with E-state index in [0.29, 0.717) is 11.9 Å². The van der Waals surface area contributed by atoms with Crippen molar-refractivity contribution in [1.29, 1.82) is 0 Å². The molecule has 4 rings (SSSR count). The Morgan fingerprint density at radius 1 is 1.18 bits per heavy atom. The fourth-order valence-corrected chi connectivity index (χ4v) is 3.14. The molecule has 0 unspecified atom stereocenters. The number of aryl methyl sites for hydroxylation is 2. The van der Waals surface area contributed by atoms with Crippen molar-refractivity contribution in [3.8, 4) is 5.88 Å². The molecule has 0 aliphatic rings. The van der Waals surface area contributed by atoms with Gasteiger partial charge in [-0.3, -0.25) is 14.3 Å². The van der Waals surface area contributed by atoms with Gasteiger partial charge < -0.3 is 14.7 Å². The maximum Gasteiger partial charge on any atom is 0.329 e. The topological polar surface area (TPSA) is 133 Å². The largest absolute Gasteiger partial charge is 0.493 e. The summed E-state index contributed by atoms with van der Waals surface area (Å²) < 4.78 is 2.91. The molecule has 28 heavy (non-hydrogen) atoms. The lowest BCUT2D eigenvalue weighted by molar-refractivity contribution is 0.459. The molecule has 0 atom stereocenters. The number of rotatable bonds is 5. The third-order valence-corrected chi connectivity index (χ3v) is 4.62. The van der Waals surface area contributed by atoms with E-state index in [1.165, 1.54) is 11.6 Å². The molecule has 0 radical (unpaired) electrons. The average Bonchev–Trinajstić information content (AvgIpc) is 3.20. The number of nitrogens with zero attached hydrogens (tertiary/aromatic N) is 5. The minimum absolute atomic E-state index is 0.105. The molecule has 4 aromatic rings. The van der Waals surface area contributed by atoms with Gasteiger partial charge in [-0.1, -0.05) is 31.5 Å². The van der Waals surface area contributed by atoms with Gasteiger partial charge in [0.15, 0.2) is 16.9 Å². The summed E-state index contributed by atoms with van der Waals surface area (Å²) in [5, 5.41) is 19.2. The van der Waals surface area contributed by atoms with Gasteiger partial charge in [-0.2, -0.15) is 4.98 Å². The summed E-state index contributed by atoms with van der Waals surface area (Å²) in [6, 6.07) is 7.31. The first kappa shape index (κ1) is 17.7. The predicted octanol–water partition coefficient (Wildman–Crippen LogP) is 2.83. The summed E-state index contributed by atoms with van der Waals surface area (Å²) in [5.41, 5.74) is 0.461. The Morgan fingerprint density at radius 3 is 2.75 bits per heavy atom. The number of para-hydroxylation sites is 1. The zero-order valence-corrected chi connectivity index (χ0v) is 15.4. The minimum atomic E-state index is -0.546. The van der Waals surface area contributed by atoms with Crippen LogP contribution in [0.15, 0.2) is 44.1 Å². The second-order valence-corrected chi connectivity index (χ2v) is 6.48. The molecular weight excluding hydrogens is 362 g/mol. The highest BCUT2D eigenvalue weighted by Crippen LogP contribution is 2.36. The molecule has 144 valence electrons. The number of nitrogens with one attached hydrogen (secondary N) is 2. The number of aromatic hydroxyl groups is 1. The number of aromatic nitrogens is 5. The van der Waals surface area contributed by atoms with E-state index >= 15 is 0 Å². The Hall–Kier alpha value is -3.69. The van der Waals surface area contributed by atoms with E-state index < -0.39 is 11.2 Å². The monoisotopic (exact) mass is 381 g/mol. The van der Waals surface area contributed by atoms with Gasteiger partial charge in [-0.25, -0.2) is 4.79 Å².